The molecule has 100 valence electrons. The van der Waals surface area contributed by atoms with Gasteiger partial charge in [0.2, 0.25) is 0 Å². The molecular weight excluding hydrogens is 236 g/mol. The Kier molecular flexibility index (Phi) is 4.53. The summed E-state index contributed by atoms with van der Waals surface area (Å²) in [7, 11) is 0. The molecule has 1 aromatic heterocycles. The van der Waals surface area contributed by atoms with Crippen LogP contribution in [0.1, 0.15) is 13.8 Å². The van der Waals surface area contributed by atoms with Crippen molar-refractivity contribution in [1.29, 1.82) is 0 Å². The minimum atomic E-state index is 0.460. The average molecular weight is 256 g/mol. The molecule has 0 atom stereocenters. The third kappa shape index (κ3) is 4.07. The second kappa shape index (κ2) is 6.34. The summed E-state index contributed by atoms with van der Waals surface area (Å²) in [6, 6.07) is 10.4. The van der Waals surface area contributed by atoms with Gasteiger partial charge in [-0.1, -0.05) is 26.5 Å². The summed E-state index contributed by atoms with van der Waals surface area (Å²) in [5.74, 6) is 0.830. The van der Waals surface area contributed by atoms with Crippen LogP contribution >= 0.6 is 0 Å². The van der Waals surface area contributed by atoms with Crippen LogP contribution in [0.4, 0.5) is 0 Å². The van der Waals surface area contributed by atoms with Crippen molar-refractivity contribution in [1.82, 2.24) is 10.3 Å². The monoisotopic (exact) mass is 256 g/mol. The second-order valence-electron chi connectivity index (χ2n) is 4.93. The third-order valence-electron chi connectivity index (χ3n) is 2.78. The third-order valence-corrected chi connectivity index (χ3v) is 2.78. The van der Waals surface area contributed by atoms with E-state index in [1.54, 1.807) is 6.20 Å². The molecule has 0 aliphatic carbocycles. The summed E-state index contributed by atoms with van der Waals surface area (Å²) in [6.45, 7) is 9.54. The van der Waals surface area contributed by atoms with Crippen LogP contribution in [0.5, 0.6) is 5.75 Å². The minimum absolute atomic E-state index is 0.460. The van der Waals surface area contributed by atoms with Gasteiger partial charge in [0.05, 0.1) is 5.52 Å². The summed E-state index contributed by atoms with van der Waals surface area (Å²) in [5, 5.41) is 4.44. The highest BCUT2D eigenvalue weighted by Gasteiger charge is 2.00. The molecule has 0 saturated heterocycles. The lowest BCUT2D eigenvalue weighted by Crippen LogP contribution is -2.26. The first-order valence-corrected chi connectivity index (χ1v) is 6.53. The molecule has 0 saturated carbocycles. The number of ether oxygens (including phenoxy) is 1. The van der Waals surface area contributed by atoms with Crippen LogP contribution < -0.4 is 10.1 Å². The van der Waals surface area contributed by atoms with Crippen LogP contribution in [0.3, 0.4) is 0 Å². The Balaban J connectivity index is 1.92. The maximum absolute atomic E-state index is 5.73. The van der Waals surface area contributed by atoms with E-state index in [-0.39, 0.29) is 0 Å². The van der Waals surface area contributed by atoms with Crippen molar-refractivity contribution >= 4 is 10.9 Å². The standard InChI is InChI=1S/C16H20N2O/c1-12(2)18-10-13(3)11-19-15-7-6-14-5-4-8-17-16(14)9-15/h4-9,12,18H,3,10-11H2,1-2H3. The molecule has 1 heterocycles. The Morgan fingerprint density at radius 2 is 2.21 bits per heavy atom. The lowest BCUT2D eigenvalue weighted by Gasteiger charge is -2.12. The van der Waals surface area contributed by atoms with Gasteiger partial charge in [-0.2, -0.15) is 0 Å². The van der Waals surface area contributed by atoms with Gasteiger partial charge >= 0.3 is 0 Å². The summed E-state index contributed by atoms with van der Waals surface area (Å²) >= 11 is 0. The molecule has 3 heteroatoms. The number of hydrogen-bond acceptors (Lipinski definition) is 3. The van der Waals surface area contributed by atoms with Gasteiger partial charge in [0.1, 0.15) is 12.4 Å². The van der Waals surface area contributed by atoms with Crippen LogP contribution in [-0.2, 0) is 0 Å². The van der Waals surface area contributed by atoms with Gasteiger partial charge in [0, 0.05) is 30.2 Å². The fourth-order valence-electron chi connectivity index (χ4n) is 1.72. The van der Waals surface area contributed by atoms with E-state index < -0.39 is 0 Å². The lowest BCUT2D eigenvalue weighted by molar-refractivity contribution is 0.347. The van der Waals surface area contributed by atoms with E-state index in [0.717, 1.165) is 28.8 Å². The zero-order valence-electron chi connectivity index (χ0n) is 11.5. The Morgan fingerprint density at radius 1 is 1.37 bits per heavy atom. The SMILES string of the molecule is C=C(CNC(C)C)COc1ccc2cccnc2c1. The van der Waals surface area contributed by atoms with Crippen molar-refractivity contribution in [2.75, 3.05) is 13.2 Å². The molecule has 0 amide bonds. The van der Waals surface area contributed by atoms with E-state index in [9.17, 15) is 0 Å². The van der Waals surface area contributed by atoms with Crippen molar-refractivity contribution in [3.8, 4) is 5.75 Å². The minimum Gasteiger partial charge on any atom is -0.489 e. The molecular formula is C16H20N2O. The van der Waals surface area contributed by atoms with E-state index in [2.05, 4.69) is 30.7 Å². The number of fused-ring (bicyclic) bond motifs is 1. The molecule has 0 unspecified atom stereocenters. The van der Waals surface area contributed by atoms with E-state index in [0.29, 0.717) is 12.6 Å². The summed E-state index contributed by atoms with van der Waals surface area (Å²) in [5.41, 5.74) is 1.99. The average Bonchev–Trinajstić information content (AvgIpc) is 2.42. The van der Waals surface area contributed by atoms with Gasteiger partial charge in [0.15, 0.2) is 0 Å². The maximum Gasteiger partial charge on any atom is 0.121 e. The highest BCUT2D eigenvalue weighted by Crippen LogP contribution is 2.18. The van der Waals surface area contributed by atoms with Crippen LogP contribution in [0, 0.1) is 0 Å². The molecule has 0 aliphatic rings. The Hall–Kier alpha value is -1.87. The van der Waals surface area contributed by atoms with E-state index >= 15 is 0 Å². The predicted molar refractivity (Wildman–Crippen MR) is 79.5 cm³/mol. The molecule has 0 fully saturated rings. The molecule has 1 aromatic carbocycles. The molecule has 0 bridgehead atoms. The zero-order chi connectivity index (χ0) is 13.7. The normalized spacial score (nSPS) is 10.9. The van der Waals surface area contributed by atoms with Crippen molar-refractivity contribution in [3.05, 3.63) is 48.7 Å². The second-order valence-corrected chi connectivity index (χ2v) is 4.93. The highest BCUT2D eigenvalue weighted by molar-refractivity contribution is 5.79. The molecule has 0 aliphatic heterocycles. The number of rotatable bonds is 6. The van der Waals surface area contributed by atoms with Crippen molar-refractivity contribution in [2.24, 2.45) is 0 Å². The number of hydrogen-bond donors (Lipinski definition) is 1. The first-order valence-electron chi connectivity index (χ1n) is 6.53. The number of nitrogens with zero attached hydrogens (tertiary/aromatic N) is 1. The number of nitrogens with one attached hydrogen (secondary N) is 1. The first kappa shape index (κ1) is 13.6. The smallest absolute Gasteiger partial charge is 0.121 e. The summed E-state index contributed by atoms with van der Waals surface area (Å²) in [4.78, 5) is 4.31. The first-order chi connectivity index (χ1) is 9.15. The fourth-order valence-corrected chi connectivity index (χ4v) is 1.72. The highest BCUT2D eigenvalue weighted by atomic mass is 16.5. The Labute approximate surface area is 114 Å². The fraction of sp³-hybridized carbons (Fsp3) is 0.312. The largest absolute Gasteiger partial charge is 0.489 e. The van der Waals surface area contributed by atoms with E-state index in [1.165, 1.54) is 0 Å². The van der Waals surface area contributed by atoms with E-state index in [1.807, 2.05) is 30.3 Å². The quantitative estimate of drug-likeness (QED) is 0.806. The van der Waals surface area contributed by atoms with Crippen molar-refractivity contribution in [2.45, 2.75) is 19.9 Å². The Bertz CT molecular complexity index is 563. The molecule has 1 N–H and O–H groups in total. The van der Waals surface area contributed by atoms with Crippen LogP contribution in [0.2, 0.25) is 0 Å². The van der Waals surface area contributed by atoms with Crippen LogP contribution in [0.15, 0.2) is 48.7 Å². The van der Waals surface area contributed by atoms with Gasteiger partial charge in [-0.15, -0.1) is 0 Å². The zero-order valence-corrected chi connectivity index (χ0v) is 11.5. The lowest BCUT2D eigenvalue weighted by atomic mass is 10.2. The van der Waals surface area contributed by atoms with Crippen molar-refractivity contribution < 1.29 is 4.74 Å². The van der Waals surface area contributed by atoms with Gasteiger partial charge in [-0.25, -0.2) is 0 Å². The van der Waals surface area contributed by atoms with Crippen molar-refractivity contribution in [3.63, 3.8) is 0 Å². The molecule has 19 heavy (non-hydrogen) atoms. The molecule has 2 rings (SSSR count). The Morgan fingerprint density at radius 3 is 3.00 bits per heavy atom. The molecule has 3 nitrogen and oxygen atoms in total. The summed E-state index contributed by atoms with van der Waals surface area (Å²) < 4.78 is 5.73. The number of pyridine rings is 1. The van der Waals surface area contributed by atoms with Gasteiger partial charge < -0.3 is 10.1 Å². The van der Waals surface area contributed by atoms with Crippen LogP contribution in [0.25, 0.3) is 10.9 Å². The predicted octanol–water partition coefficient (Wildman–Crippen LogP) is 3.17. The molecule has 2 aromatic rings. The van der Waals surface area contributed by atoms with Gasteiger partial charge in [-0.05, 0) is 23.8 Å². The number of aromatic nitrogens is 1. The molecule has 0 radical (unpaired) electrons. The summed E-state index contributed by atoms with van der Waals surface area (Å²) in [6.07, 6.45) is 1.79. The maximum atomic E-state index is 5.73. The van der Waals surface area contributed by atoms with Gasteiger partial charge in [-0.3, -0.25) is 4.98 Å². The topological polar surface area (TPSA) is 34.1 Å². The molecule has 0 spiro atoms. The number of benzene rings is 1. The van der Waals surface area contributed by atoms with E-state index in [4.69, 9.17) is 4.74 Å². The van der Waals surface area contributed by atoms with Crippen LogP contribution in [-0.4, -0.2) is 24.2 Å². The van der Waals surface area contributed by atoms with Gasteiger partial charge in [0.25, 0.3) is 0 Å².